The maximum atomic E-state index is 10.2. The van der Waals surface area contributed by atoms with Crippen LogP contribution in [-0.4, -0.2) is 16.9 Å². The number of ether oxygens (including phenoxy) is 1. The SMILES string of the molecule is COC(=O)CC(=O)I. The van der Waals surface area contributed by atoms with Crippen LogP contribution in [0.2, 0.25) is 0 Å². The van der Waals surface area contributed by atoms with Gasteiger partial charge in [0.15, 0.2) is 0 Å². The number of esters is 1. The van der Waals surface area contributed by atoms with E-state index in [2.05, 4.69) is 4.74 Å². The van der Waals surface area contributed by atoms with Crippen LogP contribution in [-0.2, 0) is 14.3 Å². The van der Waals surface area contributed by atoms with Crippen LogP contribution in [0.1, 0.15) is 6.42 Å². The van der Waals surface area contributed by atoms with Gasteiger partial charge in [-0.25, -0.2) is 0 Å². The van der Waals surface area contributed by atoms with Crippen molar-refractivity contribution in [2.75, 3.05) is 7.11 Å². The minimum atomic E-state index is -0.482. The van der Waals surface area contributed by atoms with E-state index < -0.39 is 5.97 Å². The van der Waals surface area contributed by atoms with Gasteiger partial charge in [0.1, 0.15) is 6.42 Å². The van der Waals surface area contributed by atoms with Crippen molar-refractivity contribution in [3.8, 4) is 0 Å². The van der Waals surface area contributed by atoms with Crippen molar-refractivity contribution >= 4 is 32.4 Å². The second-order valence-corrected chi connectivity index (χ2v) is 2.31. The van der Waals surface area contributed by atoms with E-state index in [0.29, 0.717) is 0 Å². The van der Waals surface area contributed by atoms with Crippen molar-refractivity contribution in [1.29, 1.82) is 0 Å². The first-order chi connectivity index (χ1) is 3.66. The zero-order chi connectivity index (χ0) is 6.57. The fourth-order valence-electron chi connectivity index (χ4n) is 0.186. The molecule has 0 fully saturated rings. The topological polar surface area (TPSA) is 43.4 Å². The van der Waals surface area contributed by atoms with Gasteiger partial charge in [-0.05, 0) is 0 Å². The minimum absolute atomic E-state index is 0.128. The molecule has 8 heavy (non-hydrogen) atoms. The summed E-state index contributed by atoms with van der Waals surface area (Å²) in [6.07, 6.45) is -0.128. The van der Waals surface area contributed by atoms with E-state index in [1.165, 1.54) is 7.11 Å². The summed E-state index contributed by atoms with van der Waals surface area (Å²) in [5.74, 6) is -0.482. The Morgan fingerprint density at radius 1 is 1.62 bits per heavy atom. The van der Waals surface area contributed by atoms with Gasteiger partial charge in [-0.2, -0.15) is 0 Å². The van der Waals surface area contributed by atoms with Crippen molar-refractivity contribution in [3.05, 3.63) is 0 Å². The molecule has 46 valence electrons. The minimum Gasteiger partial charge on any atom is -0.469 e. The van der Waals surface area contributed by atoms with E-state index >= 15 is 0 Å². The van der Waals surface area contributed by atoms with Crippen LogP contribution >= 0.6 is 22.6 Å². The molecule has 0 aliphatic heterocycles. The van der Waals surface area contributed by atoms with Crippen LogP contribution in [0.15, 0.2) is 0 Å². The fraction of sp³-hybridized carbons (Fsp3) is 0.500. The van der Waals surface area contributed by atoms with Gasteiger partial charge in [0.05, 0.1) is 7.11 Å². The molecule has 0 aromatic carbocycles. The van der Waals surface area contributed by atoms with Gasteiger partial charge in [-0.1, -0.05) is 0 Å². The first-order valence-electron chi connectivity index (χ1n) is 1.92. The lowest BCUT2D eigenvalue weighted by Gasteiger charge is -1.90. The average molecular weight is 228 g/mol. The van der Waals surface area contributed by atoms with Crippen molar-refractivity contribution in [2.45, 2.75) is 6.42 Å². The summed E-state index contributed by atoms with van der Waals surface area (Å²) in [4.78, 5) is 20.3. The Labute approximate surface area is 60.5 Å². The molecule has 0 aromatic rings. The molecule has 0 aliphatic carbocycles. The van der Waals surface area contributed by atoms with Crippen LogP contribution < -0.4 is 0 Å². The molecule has 0 radical (unpaired) electrons. The molecule has 4 heteroatoms. The van der Waals surface area contributed by atoms with E-state index in [1.54, 1.807) is 22.6 Å². The van der Waals surface area contributed by atoms with E-state index in [9.17, 15) is 9.59 Å². The Morgan fingerprint density at radius 3 is 2.25 bits per heavy atom. The highest BCUT2D eigenvalue weighted by Crippen LogP contribution is 1.92. The molecule has 0 saturated carbocycles. The lowest BCUT2D eigenvalue weighted by atomic mass is 10.5. The van der Waals surface area contributed by atoms with Gasteiger partial charge >= 0.3 is 5.97 Å². The Hall–Kier alpha value is -0.130. The maximum Gasteiger partial charge on any atom is 0.313 e. The lowest BCUT2D eigenvalue weighted by Crippen LogP contribution is -2.03. The lowest BCUT2D eigenvalue weighted by molar-refractivity contribution is -0.141. The number of carbonyl (C=O) groups excluding carboxylic acids is 2. The Morgan fingerprint density at radius 2 is 2.12 bits per heavy atom. The molecule has 0 bridgehead atoms. The number of halogens is 1. The summed E-state index contributed by atoms with van der Waals surface area (Å²) >= 11 is 1.54. The first kappa shape index (κ1) is 7.87. The highest BCUT2D eigenvalue weighted by atomic mass is 127. The van der Waals surface area contributed by atoms with Gasteiger partial charge < -0.3 is 4.74 Å². The predicted molar refractivity (Wildman–Crippen MR) is 35.7 cm³/mol. The smallest absolute Gasteiger partial charge is 0.313 e. The number of rotatable bonds is 2. The predicted octanol–water partition coefficient (Wildman–Crippen LogP) is 0.511. The summed E-state index contributed by atoms with van der Waals surface area (Å²) in [5.41, 5.74) is 0. The molecule has 0 N–H and O–H groups in total. The number of hydrogen-bond donors (Lipinski definition) is 0. The average Bonchev–Trinajstić information content (AvgIpc) is 1.65. The molecule has 0 rings (SSSR count). The van der Waals surface area contributed by atoms with E-state index in [-0.39, 0.29) is 10.2 Å². The van der Waals surface area contributed by atoms with Gasteiger partial charge in [-0.3, -0.25) is 9.59 Å². The second-order valence-electron chi connectivity index (χ2n) is 1.11. The molecular weight excluding hydrogens is 223 g/mol. The maximum absolute atomic E-state index is 10.2. The summed E-state index contributed by atoms with van der Waals surface area (Å²) in [6.45, 7) is 0. The number of carbonyl (C=O) groups is 2. The molecule has 0 heterocycles. The van der Waals surface area contributed by atoms with E-state index in [0.717, 1.165) is 0 Å². The molecule has 0 amide bonds. The van der Waals surface area contributed by atoms with Crippen LogP contribution in [0.25, 0.3) is 0 Å². The first-order valence-corrected chi connectivity index (χ1v) is 3.00. The van der Waals surface area contributed by atoms with E-state index in [1.807, 2.05) is 0 Å². The zero-order valence-electron chi connectivity index (χ0n) is 4.31. The van der Waals surface area contributed by atoms with Crippen LogP contribution in [0.3, 0.4) is 0 Å². The summed E-state index contributed by atoms with van der Waals surface area (Å²) < 4.78 is 4.00. The normalized spacial score (nSPS) is 8.25. The van der Waals surface area contributed by atoms with Crippen LogP contribution in [0, 0.1) is 0 Å². The van der Waals surface area contributed by atoms with E-state index in [4.69, 9.17) is 0 Å². The van der Waals surface area contributed by atoms with Gasteiger partial charge in [0, 0.05) is 22.6 Å². The fourth-order valence-corrected chi connectivity index (χ4v) is 0.497. The molecule has 3 nitrogen and oxygen atoms in total. The summed E-state index contributed by atoms with van der Waals surface area (Å²) in [5, 5.41) is 0. The molecule has 0 aromatic heterocycles. The van der Waals surface area contributed by atoms with Gasteiger partial charge in [-0.15, -0.1) is 0 Å². The number of methoxy groups -OCH3 is 1. The third-order valence-corrected chi connectivity index (χ3v) is 0.892. The third kappa shape index (κ3) is 4.04. The molecule has 0 atom stereocenters. The Kier molecular flexibility index (Phi) is 3.76. The number of hydrogen-bond acceptors (Lipinski definition) is 3. The molecule has 0 unspecified atom stereocenters. The largest absolute Gasteiger partial charge is 0.469 e. The molecule has 0 spiro atoms. The third-order valence-electron chi connectivity index (χ3n) is 0.511. The Balaban J connectivity index is 3.40. The summed E-state index contributed by atoms with van der Waals surface area (Å²) in [6, 6.07) is 0. The quantitative estimate of drug-likeness (QED) is 0.299. The highest BCUT2D eigenvalue weighted by molar-refractivity contribution is 14.1. The molecule has 0 saturated heterocycles. The van der Waals surface area contributed by atoms with Crippen LogP contribution in [0.4, 0.5) is 0 Å². The summed E-state index contributed by atoms with van der Waals surface area (Å²) in [7, 11) is 1.25. The monoisotopic (exact) mass is 228 g/mol. The standard InChI is InChI=1S/C4H5IO3/c1-8-4(7)2-3(5)6/h2H2,1H3. The van der Waals surface area contributed by atoms with Crippen molar-refractivity contribution in [2.24, 2.45) is 0 Å². The van der Waals surface area contributed by atoms with Crippen molar-refractivity contribution < 1.29 is 14.3 Å². The molecular formula is C4H5IO3. The zero-order valence-corrected chi connectivity index (χ0v) is 6.47. The Bertz CT molecular complexity index is 110. The van der Waals surface area contributed by atoms with Gasteiger partial charge in [0.25, 0.3) is 0 Å². The second kappa shape index (κ2) is 3.82. The highest BCUT2D eigenvalue weighted by Gasteiger charge is 2.03. The van der Waals surface area contributed by atoms with Crippen molar-refractivity contribution in [1.82, 2.24) is 0 Å². The van der Waals surface area contributed by atoms with Gasteiger partial charge in [0.2, 0.25) is 3.79 Å². The van der Waals surface area contributed by atoms with Crippen molar-refractivity contribution in [3.63, 3.8) is 0 Å². The van der Waals surface area contributed by atoms with Crippen LogP contribution in [0.5, 0.6) is 0 Å². The molecule has 0 aliphatic rings.